The molecule has 0 unspecified atom stereocenters. The number of rotatable bonds is 3. The highest BCUT2D eigenvalue weighted by Gasteiger charge is 2.07. The highest BCUT2D eigenvalue weighted by Crippen LogP contribution is 2.16. The van der Waals surface area contributed by atoms with Gasteiger partial charge in [0.1, 0.15) is 0 Å². The van der Waals surface area contributed by atoms with E-state index in [-0.39, 0.29) is 12.5 Å². The van der Waals surface area contributed by atoms with E-state index in [1.54, 1.807) is 11.4 Å². The van der Waals surface area contributed by atoms with Gasteiger partial charge >= 0.3 is 0 Å². The first-order chi connectivity index (χ1) is 6.09. The van der Waals surface area contributed by atoms with Crippen LogP contribution in [0.25, 0.3) is 0 Å². The van der Waals surface area contributed by atoms with Crippen LogP contribution in [-0.4, -0.2) is 18.4 Å². The SMILES string of the molecule is NC(=O)CNC(=O)c1csc(I)c1. The van der Waals surface area contributed by atoms with Crippen LogP contribution >= 0.6 is 33.9 Å². The lowest BCUT2D eigenvalue weighted by Crippen LogP contribution is -2.33. The Morgan fingerprint density at radius 1 is 1.62 bits per heavy atom. The van der Waals surface area contributed by atoms with Gasteiger partial charge in [-0.1, -0.05) is 0 Å². The molecular weight excluding hydrogens is 303 g/mol. The van der Waals surface area contributed by atoms with Crippen molar-refractivity contribution in [1.29, 1.82) is 0 Å². The average molecular weight is 310 g/mol. The quantitative estimate of drug-likeness (QED) is 0.801. The summed E-state index contributed by atoms with van der Waals surface area (Å²) in [7, 11) is 0. The Kier molecular flexibility index (Phi) is 3.67. The van der Waals surface area contributed by atoms with Crippen LogP contribution in [0.5, 0.6) is 0 Å². The highest BCUT2D eigenvalue weighted by atomic mass is 127. The van der Waals surface area contributed by atoms with Crippen molar-refractivity contribution in [2.75, 3.05) is 6.54 Å². The molecule has 0 aliphatic carbocycles. The summed E-state index contributed by atoms with van der Waals surface area (Å²) in [6.07, 6.45) is 0. The highest BCUT2D eigenvalue weighted by molar-refractivity contribution is 14.1. The minimum atomic E-state index is -0.543. The standard InChI is InChI=1S/C7H7IN2O2S/c8-5-1-4(3-13-5)7(12)10-2-6(9)11/h1,3H,2H2,(H2,9,11)(H,10,12). The first-order valence-electron chi connectivity index (χ1n) is 3.40. The van der Waals surface area contributed by atoms with Crippen molar-refractivity contribution in [3.8, 4) is 0 Å². The molecule has 1 aromatic heterocycles. The molecule has 13 heavy (non-hydrogen) atoms. The third-order valence-corrected chi connectivity index (χ3v) is 3.04. The molecule has 1 heterocycles. The fourth-order valence-corrected chi connectivity index (χ4v) is 2.03. The van der Waals surface area contributed by atoms with E-state index in [0.29, 0.717) is 5.56 Å². The van der Waals surface area contributed by atoms with Crippen molar-refractivity contribution < 1.29 is 9.59 Å². The maximum atomic E-state index is 11.2. The molecule has 0 spiro atoms. The number of nitrogens with one attached hydrogen (secondary N) is 1. The number of halogens is 1. The molecule has 0 atom stereocenters. The van der Waals surface area contributed by atoms with Gasteiger partial charge in [-0.05, 0) is 28.7 Å². The van der Waals surface area contributed by atoms with Crippen molar-refractivity contribution in [3.05, 3.63) is 19.9 Å². The number of nitrogens with two attached hydrogens (primary N) is 1. The van der Waals surface area contributed by atoms with Gasteiger partial charge in [-0.3, -0.25) is 9.59 Å². The summed E-state index contributed by atoms with van der Waals surface area (Å²) in [4.78, 5) is 21.6. The van der Waals surface area contributed by atoms with E-state index in [9.17, 15) is 9.59 Å². The smallest absolute Gasteiger partial charge is 0.252 e. The van der Waals surface area contributed by atoms with E-state index < -0.39 is 5.91 Å². The minimum Gasteiger partial charge on any atom is -0.368 e. The zero-order valence-electron chi connectivity index (χ0n) is 6.54. The predicted molar refractivity (Wildman–Crippen MR) is 58.6 cm³/mol. The third kappa shape index (κ3) is 3.31. The number of primary amides is 1. The van der Waals surface area contributed by atoms with Gasteiger partial charge in [-0.15, -0.1) is 11.3 Å². The number of thiophene rings is 1. The van der Waals surface area contributed by atoms with Crippen molar-refractivity contribution in [1.82, 2.24) is 5.32 Å². The van der Waals surface area contributed by atoms with Crippen LogP contribution in [0.2, 0.25) is 0 Å². The molecular formula is C7H7IN2O2S. The molecule has 3 N–H and O–H groups in total. The number of hydrogen-bond donors (Lipinski definition) is 2. The number of carbonyl (C=O) groups excluding carboxylic acids is 2. The lowest BCUT2D eigenvalue weighted by Gasteiger charge is -1.98. The Balaban J connectivity index is 2.54. The molecule has 0 fully saturated rings. The molecule has 0 aromatic carbocycles. The summed E-state index contributed by atoms with van der Waals surface area (Å²) in [5.41, 5.74) is 5.44. The molecule has 0 aliphatic rings. The Morgan fingerprint density at radius 2 is 2.31 bits per heavy atom. The molecule has 2 amide bonds. The lowest BCUT2D eigenvalue weighted by molar-refractivity contribution is -0.117. The molecule has 70 valence electrons. The van der Waals surface area contributed by atoms with Gasteiger partial charge in [0.15, 0.2) is 0 Å². The molecule has 0 bridgehead atoms. The molecule has 0 saturated heterocycles. The Bertz CT molecular complexity index is 337. The normalized spacial score (nSPS) is 9.62. The summed E-state index contributed by atoms with van der Waals surface area (Å²) in [6.45, 7) is -0.120. The number of amides is 2. The Labute approximate surface area is 92.6 Å². The molecule has 1 aromatic rings. The molecule has 6 heteroatoms. The fourth-order valence-electron chi connectivity index (χ4n) is 0.699. The van der Waals surface area contributed by atoms with E-state index in [1.165, 1.54) is 11.3 Å². The van der Waals surface area contributed by atoms with E-state index in [4.69, 9.17) is 5.73 Å². The summed E-state index contributed by atoms with van der Waals surface area (Å²) < 4.78 is 1.03. The van der Waals surface area contributed by atoms with Crippen LogP contribution in [0.3, 0.4) is 0 Å². The van der Waals surface area contributed by atoms with Crippen molar-refractivity contribution >= 4 is 45.7 Å². The average Bonchev–Trinajstić information content (AvgIpc) is 2.47. The Hall–Kier alpha value is -0.630. The first kappa shape index (κ1) is 10.5. The number of carbonyl (C=O) groups is 2. The largest absolute Gasteiger partial charge is 0.368 e. The van der Waals surface area contributed by atoms with Crippen molar-refractivity contribution in [2.45, 2.75) is 0 Å². The van der Waals surface area contributed by atoms with Crippen LogP contribution in [0.4, 0.5) is 0 Å². The van der Waals surface area contributed by atoms with Gasteiger partial charge in [0, 0.05) is 5.38 Å². The van der Waals surface area contributed by atoms with Crippen LogP contribution < -0.4 is 11.1 Å². The summed E-state index contributed by atoms with van der Waals surface area (Å²) in [6, 6.07) is 1.75. The monoisotopic (exact) mass is 310 g/mol. The lowest BCUT2D eigenvalue weighted by atomic mass is 10.3. The summed E-state index contributed by atoms with van der Waals surface area (Å²) in [5.74, 6) is -0.809. The fraction of sp³-hybridized carbons (Fsp3) is 0.143. The van der Waals surface area contributed by atoms with E-state index in [2.05, 4.69) is 27.9 Å². The second kappa shape index (κ2) is 4.56. The molecule has 1 rings (SSSR count). The van der Waals surface area contributed by atoms with Gasteiger partial charge in [0.05, 0.1) is 15.0 Å². The third-order valence-electron chi connectivity index (χ3n) is 1.25. The number of hydrogen-bond acceptors (Lipinski definition) is 3. The zero-order chi connectivity index (χ0) is 9.84. The maximum absolute atomic E-state index is 11.2. The molecule has 0 radical (unpaired) electrons. The summed E-state index contributed by atoms with van der Waals surface area (Å²) in [5, 5.41) is 4.14. The zero-order valence-corrected chi connectivity index (χ0v) is 9.52. The maximum Gasteiger partial charge on any atom is 0.252 e. The van der Waals surface area contributed by atoms with E-state index in [1.807, 2.05) is 0 Å². The van der Waals surface area contributed by atoms with Gasteiger partial charge in [-0.25, -0.2) is 0 Å². The Morgan fingerprint density at radius 3 is 2.77 bits per heavy atom. The first-order valence-corrected chi connectivity index (χ1v) is 5.36. The van der Waals surface area contributed by atoms with E-state index >= 15 is 0 Å². The van der Waals surface area contributed by atoms with Crippen LogP contribution in [0.1, 0.15) is 10.4 Å². The van der Waals surface area contributed by atoms with E-state index in [0.717, 1.165) is 2.88 Å². The molecule has 4 nitrogen and oxygen atoms in total. The van der Waals surface area contributed by atoms with Crippen molar-refractivity contribution in [3.63, 3.8) is 0 Å². The molecule has 0 aliphatic heterocycles. The minimum absolute atomic E-state index is 0.120. The topological polar surface area (TPSA) is 72.2 Å². The van der Waals surface area contributed by atoms with Crippen LogP contribution in [0, 0.1) is 2.88 Å². The van der Waals surface area contributed by atoms with Gasteiger partial charge < -0.3 is 11.1 Å². The van der Waals surface area contributed by atoms with Gasteiger partial charge in [-0.2, -0.15) is 0 Å². The van der Waals surface area contributed by atoms with Gasteiger partial charge in [0.2, 0.25) is 5.91 Å². The second-order valence-corrected chi connectivity index (χ2v) is 5.09. The predicted octanol–water partition coefficient (Wildman–Crippen LogP) is 0.568. The molecule has 0 saturated carbocycles. The summed E-state index contributed by atoms with van der Waals surface area (Å²) >= 11 is 3.60. The van der Waals surface area contributed by atoms with Crippen molar-refractivity contribution in [2.24, 2.45) is 5.73 Å². The van der Waals surface area contributed by atoms with Crippen LogP contribution in [0.15, 0.2) is 11.4 Å². The second-order valence-electron chi connectivity index (χ2n) is 2.29. The van der Waals surface area contributed by atoms with Crippen LogP contribution in [-0.2, 0) is 4.79 Å². The van der Waals surface area contributed by atoms with Gasteiger partial charge in [0.25, 0.3) is 5.91 Å².